The number of aryl methyl sites for hydroxylation is 2. The molecule has 0 radical (unpaired) electrons. The van der Waals surface area contributed by atoms with Crippen molar-refractivity contribution in [2.75, 3.05) is 18.0 Å². The van der Waals surface area contributed by atoms with E-state index in [2.05, 4.69) is 41.6 Å². The van der Waals surface area contributed by atoms with E-state index < -0.39 is 0 Å². The predicted molar refractivity (Wildman–Crippen MR) is 97.8 cm³/mol. The number of pyridine rings is 1. The molecule has 1 aliphatic carbocycles. The molecule has 0 atom stereocenters. The summed E-state index contributed by atoms with van der Waals surface area (Å²) in [5, 5.41) is 0. The zero-order chi connectivity index (χ0) is 15.7. The van der Waals surface area contributed by atoms with Crippen LogP contribution in [0.3, 0.4) is 0 Å². The molecule has 2 heterocycles. The molecule has 3 heteroatoms. The third kappa shape index (κ3) is 2.93. The molecule has 1 spiro atoms. The fourth-order valence-electron chi connectivity index (χ4n) is 4.60. The summed E-state index contributed by atoms with van der Waals surface area (Å²) in [6.45, 7) is 8.96. The lowest BCUT2D eigenvalue weighted by Gasteiger charge is -2.45. The Bertz CT molecular complexity index is 537. The van der Waals surface area contributed by atoms with Gasteiger partial charge in [-0.1, -0.05) is 26.2 Å². The van der Waals surface area contributed by atoms with Crippen molar-refractivity contribution in [1.29, 1.82) is 0 Å². The van der Waals surface area contributed by atoms with Gasteiger partial charge >= 0.3 is 0 Å². The van der Waals surface area contributed by atoms with Gasteiger partial charge in [-0.2, -0.15) is 0 Å². The van der Waals surface area contributed by atoms with Crippen LogP contribution in [0.1, 0.15) is 68.8 Å². The molecule has 2 fully saturated rings. The maximum absolute atomic E-state index is 4.71. The van der Waals surface area contributed by atoms with Gasteiger partial charge in [-0.15, -0.1) is 0 Å². The fourth-order valence-corrected chi connectivity index (χ4v) is 5.18. The van der Waals surface area contributed by atoms with E-state index in [9.17, 15) is 0 Å². The lowest BCUT2D eigenvalue weighted by atomic mass is 9.68. The SMILES string of the molecule is CCc1c(C)nc(C)c(Br)c1N1CCC2(CCCCC2)CC1. The molecule has 0 bridgehead atoms. The zero-order valence-corrected chi connectivity index (χ0v) is 15.9. The van der Waals surface area contributed by atoms with Gasteiger partial charge in [0.1, 0.15) is 0 Å². The Balaban J connectivity index is 1.84. The van der Waals surface area contributed by atoms with Crippen LogP contribution in [0, 0.1) is 19.3 Å². The van der Waals surface area contributed by atoms with E-state index in [0.717, 1.165) is 12.1 Å². The average molecular weight is 365 g/mol. The number of hydrogen-bond donors (Lipinski definition) is 0. The molecule has 1 aromatic rings. The summed E-state index contributed by atoms with van der Waals surface area (Å²) < 4.78 is 1.22. The number of nitrogens with zero attached hydrogens (tertiary/aromatic N) is 2. The zero-order valence-electron chi connectivity index (χ0n) is 14.3. The Morgan fingerprint density at radius 1 is 1.00 bits per heavy atom. The van der Waals surface area contributed by atoms with Crippen molar-refractivity contribution in [1.82, 2.24) is 4.98 Å². The lowest BCUT2D eigenvalue weighted by molar-refractivity contribution is 0.144. The molecule has 1 aromatic heterocycles. The van der Waals surface area contributed by atoms with Crippen molar-refractivity contribution in [3.05, 3.63) is 21.4 Å². The third-order valence-electron chi connectivity index (χ3n) is 5.99. The van der Waals surface area contributed by atoms with E-state index >= 15 is 0 Å². The highest BCUT2D eigenvalue weighted by atomic mass is 79.9. The Morgan fingerprint density at radius 3 is 2.23 bits per heavy atom. The Labute approximate surface area is 143 Å². The van der Waals surface area contributed by atoms with Crippen molar-refractivity contribution < 1.29 is 0 Å². The summed E-state index contributed by atoms with van der Waals surface area (Å²) in [6.07, 6.45) is 11.1. The summed E-state index contributed by atoms with van der Waals surface area (Å²) >= 11 is 3.82. The van der Waals surface area contributed by atoms with E-state index in [0.29, 0.717) is 5.41 Å². The number of halogens is 1. The van der Waals surface area contributed by atoms with Gasteiger partial charge in [0.2, 0.25) is 0 Å². The van der Waals surface area contributed by atoms with Gasteiger partial charge in [-0.3, -0.25) is 4.98 Å². The summed E-state index contributed by atoms with van der Waals surface area (Å²) in [5.41, 5.74) is 5.86. The number of hydrogen-bond acceptors (Lipinski definition) is 2. The van der Waals surface area contributed by atoms with Gasteiger partial charge < -0.3 is 4.90 Å². The maximum Gasteiger partial charge on any atom is 0.0624 e. The first-order valence-corrected chi connectivity index (χ1v) is 9.76. The average Bonchev–Trinajstić information content (AvgIpc) is 2.52. The highest BCUT2D eigenvalue weighted by molar-refractivity contribution is 9.10. The fraction of sp³-hybridized carbons (Fsp3) is 0.737. The summed E-state index contributed by atoms with van der Waals surface area (Å²) in [5.74, 6) is 0. The lowest BCUT2D eigenvalue weighted by Crippen LogP contribution is -2.41. The smallest absolute Gasteiger partial charge is 0.0624 e. The molecule has 3 rings (SSSR count). The predicted octanol–water partition coefficient (Wildman–Crippen LogP) is 5.57. The van der Waals surface area contributed by atoms with Gasteiger partial charge in [0.05, 0.1) is 15.9 Å². The van der Waals surface area contributed by atoms with Crippen LogP contribution in [0.4, 0.5) is 5.69 Å². The first kappa shape index (κ1) is 16.3. The summed E-state index contributed by atoms with van der Waals surface area (Å²) in [4.78, 5) is 7.34. The van der Waals surface area contributed by atoms with E-state index in [1.54, 1.807) is 0 Å². The van der Waals surface area contributed by atoms with Crippen molar-refractivity contribution in [3.8, 4) is 0 Å². The molecule has 1 saturated heterocycles. The molecule has 2 aliphatic rings. The molecule has 1 aliphatic heterocycles. The second-order valence-corrected chi connectivity index (χ2v) is 8.12. The van der Waals surface area contributed by atoms with Crippen molar-refractivity contribution in [2.45, 2.75) is 72.1 Å². The molecule has 22 heavy (non-hydrogen) atoms. The second kappa shape index (κ2) is 6.51. The second-order valence-electron chi connectivity index (χ2n) is 7.33. The first-order chi connectivity index (χ1) is 10.6. The molecule has 1 saturated carbocycles. The minimum atomic E-state index is 0.671. The number of rotatable bonds is 2. The standard InChI is InChI=1S/C19H29BrN2/c1-4-16-14(2)21-15(3)17(20)18(16)22-12-10-19(11-13-22)8-6-5-7-9-19/h4-13H2,1-3H3. The van der Waals surface area contributed by atoms with Crippen LogP contribution in [0.2, 0.25) is 0 Å². The van der Waals surface area contributed by atoms with Crippen LogP contribution in [0.25, 0.3) is 0 Å². The van der Waals surface area contributed by atoms with Gasteiger partial charge in [-0.05, 0) is 72.9 Å². The van der Waals surface area contributed by atoms with Crippen molar-refractivity contribution in [2.24, 2.45) is 5.41 Å². The van der Waals surface area contributed by atoms with Crippen molar-refractivity contribution in [3.63, 3.8) is 0 Å². The molecule has 0 unspecified atom stereocenters. The Kier molecular flexibility index (Phi) is 4.82. The van der Waals surface area contributed by atoms with Crippen LogP contribution in [0.5, 0.6) is 0 Å². The number of aromatic nitrogens is 1. The van der Waals surface area contributed by atoms with Crippen LogP contribution in [-0.4, -0.2) is 18.1 Å². The molecule has 0 N–H and O–H groups in total. The highest BCUT2D eigenvalue weighted by Crippen LogP contribution is 2.46. The summed E-state index contributed by atoms with van der Waals surface area (Å²) in [7, 11) is 0. The quantitative estimate of drug-likeness (QED) is 0.681. The molecule has 0 aromatic carbocycles. The Morgan fingerprint density at radius 2 is 1.64 bits per heavy atom. The number of anilines is 1. The Hall–Kier alpha value is -0.570. The molecular weight excluding hydrogens is 336 g/mol. The van der Waals surface area contributed by atoms with Gasteiger partial charge in [0.25, 0.3) is 0 Å². The normalized spacial score (nSPS) is 21.4. The first-order valence-electron chi connectivity index (χ1n) is 8.97. The van der Waals surface area contributed by atoms with Crippen molar-refractivity contribution >= 4 is 21.6 Å². The number of piperidine rings is 1. The van der Waals surface area contributed by atoms with E-state index in [1.807, 2.05) is 0 Å². The largest absolute Gasteiger partial charge is 0.370 e. The highest BCUT2D eigenvalue weighted by Gasteiger charge is 2.36. The summed E-state index contributed by atoms with van der Waals surface area (Å²) in [6, 6.07) is 0. The van der Waals surface area contributed by atoms with Crippen LogP contribution >= 0.6 is 15.9 Å². The maximum atomic E-state index is 4.71. The monoisotopic (exact) mass is 364 g/mol. The third-order valence-corrected chi connectivity index (χ3v) is 6.94. The van der Waals surface area contributed by atoms with E-state index in [1.165, 1.54) is 79.5 Å². The molecule has 0 amide bonds. The van der Waals surface area contributed by atoms with Crippen LogP contribution < -0.4 is 4.90 Å². The molecular formula is C19H29BrN2. The molecule has 122 valence electrons. The van der Waals surface area contributed by atoms with Gasteiger partial charge in [-0.25, -0.2) is 0 Å². The minimum Gasteiger partial charge on any atom is -0.370 e. The topological polar surface area (TPSA) is 16.1 Å². The van der Waals surface area contributed by atoms with E-state index in [4.69, 9.17) is 4.98 Å². The van der Waals surface area contributed by atoms with E-state index in [-0.39, 0.29) is 0 Å². The van der Waals surface area contributed by atoms with Crippen LogP contribution in [0.15, 0.2) is 4.47 Å². The molecule has 2 nitrogen and oxygen atoms in total. The van der Waals surface area contributed by atoms with Crippen LogP contribution in [-0.2, 0) is 6.42 Å². The van der Waals surface area contributed by atoms with Gasteiger partial charge in [0.15, 0.2) is 0 Å². The van der Waals surface area contributed by atoms with Gasteiger partial charge in [0, 0.05) is 18.8 Å². The minimum absolute atomic E-state index is 0.671.